The number of fused-ring (bicyclic) bond motifs is 2. The number of aliphatic hydroxyl groups is 1. The van der Waals surface area contributed by atoms with Crippen molar-refractivity contribution in [3.05, 3.63) is 131 Å². The molecule has 12 nitrogen and oxygen atoms in total. The number of amides is 1. The number of aliphatic hydroxyl groups excluding tert-OH is 1. The van der Waals surface area contributed by atoms with Crippen LogP contribution < -0.4 is 33.7 Å². The van der Waals surface area contributed by atoms with Crippen LogP contribution in [0.4, 0.5) is 5.69 Å². The number of hydrogen-bond acceptors (Lipinski definition) is 11. The Morgan fingerprint density at radius 2 is 1.29 bits per heavy atom. The minimum absolute atomic E-state index is 0. The van der Waals surface area contributed by atoms with Crippen LogP contribution in [0.25, 0.3) is 22.1 Å². The van der Waals surface area contributed by atoms with Crippen LogP contribution in [0.5, 0.6) is 11.8 Å². The van der Waals surface area contributed by atoms with Crippen molar-refractivity contribution in [3.8, 4) is 11.8 Å². The van der Waals surface area contributed by atoms with Gasteiger partial charge in [-0.05, 0) is 84.1 Å². The molecule has 0 radical (unpaired) electrons. The summed E-state index contributed by atoms with van der Waals surface area (Å²) >= 11 is 3.34. The smallest absolute Gasteiger partial charge is 0.480 e. The minimum Gasteiger partial charge on any atom is -0.480 e. The fraction of sp³-hybridized carbons (Fsp3) is 0.373. The van der Waals surface area contributed by atoms with E-state index in [9.17, 15) is 19.5 Å². The van der Waals surface area contributed by atoms with Gasteiger partial charge in [-0.3, -0.25) is 14.4 Å². The number of aromatic nitrogens is 4. The monoisotopic (exact) mass is 943 g/mol. The van der Waals surface area contributed by atoms with Crippen LogP contribution in [0.3, 0.4) is 0 Å². The Balaban J connectivity index is 0.000000322. The van der Waals surface area contributed by atoms with Crippen molar-refractivity contribution in [2.24, 2.45) is 10.8 Å². The molecule has 65 heavy (non-hydrogen) atoms. The molecule has 0 saturated carbocycles. The van der Waals surface area contributed by atoms with Gasteiger partial charge in [0, 0.05) is 46.2 Å². The molecule has 3 heterocycles. The Kier molecular flexibility index (Phi) is 24.3. The topological polar surface area (TPSA) is 163 Å². The first-order valence-electron chi connectivity index (χ1n) is 21.2. The van der Waals surface area contributed by atoms with Crippen molar-refractivity contribution in [2.75, 3.05) is 32.8 Å². The van der Waals surface area contributed by atoms with Crippen LogP contribution in [0, 0.1) is 17.8 Å². The van der Waals surface area contributed by atoms with Crippen LogP contribution in [0.15, 0.2) is 102 Å². The summed E-state index contributed by atoms with van der Waals surface area (Å²) in [6.07, 6.45) is 8.33. The number of ketones is 1. The van der Waals surface area contributed by atoms with E-state index in [1.165, 1.54) is 26.4 Å². The second-order valence-corrected chi connectivity index (χ2v) is 17.7. The van der Waals surface area contributed by atoms with E-state index in [2.05, 4.69) is 55.0 Å². The molecule has 2 aromatic heterocycles. The molecule has 342 valence electrons. The number of hydrogen-bond donors (Lipinski definition) is 2. The number of halogens is 1. The molecule has 1 amide bonds. The third-order valence-corrected chi connectivity index (χ3v) is 9.95. The summed E-state index contributed by atoms with van der Waals surface area (Å²) in [7, 11) is 3.07. The molecule has 2 N–H and O–H groups in total. The average molecular weight is 945 g/mol. The zero-order valence-electron chi connectivity index (χ0n) is 39.6. The number of rotatable bonds is 9. The third kappa shape index (κ3) is 19.5. The molecule has 0 aliphatic carbocycles. The molecule has 0 spiro atoms. The number of methoxy groups -OCH3 is 2. The van der Waals surface area contributed by atoms with Crippen molar-refractivity contribution in [1.82, 2.24) is 19.9 Å². The SMILES string of the molecule is C1CCOC1.CC(C)(C)C(=O)Nc1ccc(Br)cc1.COc1cnc2ccc(C(O)c3ccc(CC(=O)C(C)(C)C)cc3)cc2n1.COc1cnc2ccc(C=O)cc2n1.[CH2-]CCC.[Li+]. The molecule has 1 unspecified atom stereocenters. The Labute approximate surface area is 405 Å². The van der Waals surface area contributed by atoms with Gasteiger partial charge in [-0.15, -0.1) is 0 Å². The number of nitrogens with zero attached hydrogens (tertiary/aromatic N) is 4. The van der Waals surface area contributed by atoms with Gasteiger partial charge in [-0.1, -0.05) is 101 Å². The fourth-order valence-corrected chi connectivity index (χ4v) is 5.55. The maximum absolute atomic E-state index is 12.2. The molecule has 1 fully saturated rings. The van der Waals surface area contributed by atoms with Gasteiger partial charge in [-0.2, -0.15) is 6.42 Å². The minimum atomic E-state index is -0.783. The van der Waals surface area contributed by atoms with Gasteiger partial charge in [0.05, 0.1) is 48.7 Å². The van der Waals surface area contributed by atoms with Gasteiger partial charge in [0.1, 0.15) is 18.2 Å². The second-order valence-electron chi connectivity index (χ2n) is 16.8. The number of benzene rings is 4. The average Bonchev–Trinajstić information content (AvgIpc) is 3.90. The van der Waals surface area contributed by atoms with Gasteiger partial charge in [0.25, 0.3) is 0 Å². The third-order valence-electron chi connectivity index (χ3n) is 9.42. The molecular weight excluding hydrogens is 881 g/mol. The quantitative estimate of drug-likeness (QED) is 0.0817. The van der Waals surface area contributed by atoms with Crippen molar-refractivity contribution in [3.63, 3.8) is 0 Å². The molecule has 4 aromatic carbocycles. The number of carbonyl (C=O) groups excluding carboxylic acids is 3. The molecular formula is C51H63BrLiN5O7. The van der Waals surface area contributed by atoms with Crippen LogP contribution in [-0.4, -0.2) is 70.5 Å². The van der Waals surface area contributed by atoms with Crippen molar-refractivity contribution in [1.29, 1.82) is 0 Å². The Morgan fingerprint density at radius 1 is 0.785 bits per heavy atom. The zero-order valence-corrected chi connectivity index (χ0v) is 41.2. The molecule has 6 aromatic rings. The summed E-state index contributed by atoms with van der Waals surface area (Å²) in [6.45, 7) is 19.2. The van der Waals surface area contributed by atoms with Crippen LogP contribution in [0.1, 0.15) is 107 Å². The van der Waals surface area contributed by atoms with E-state index >= 15 is 0 Å². The van der Waals surface area contributed by atoms with Crippen LogP contribution >= 0.6 is 15.9 Å². The second kappa shape index (κ2) is 28.1. The molecule has 1 saturated heterocycles. The zero-order chi connectivity index (χ0) is 47.3. The predicted octanol–water partition coefficient (Wildman–Crippen LogP) is 8.18. The van der Waals surface area contributed by atoms with E-state index in [1.807, 2.05) is 108 Å². The Morgan fingerprint density at radius 3 is 1.74 bits per heavy atom. The summed E-state index contributed by atoms with van der Waals surface area (Å²) < 4.78 is 16.0. The normalized spacial score (nSPS) is 12.2. The Bertz CT molecular complexity index is 2370. The number of carbonyl (C=O) groups is 3. The molecule has 1 aliphatic rings. The maximum atomic E-state index is 12.2. The van der Waals surface area contributed by atoms with Gasteiger partial charge in [-0.25, -0.2) is 19.9 Å². The van der Waals surface area contributed by atoms with Gasteiger partial charge in [0.2, 0.25) is 17.7 Å². The Hall–Kier alpha value is -5.03. The van der Waals surface area contributed by atoms with Gasteiger partial charge >= 0.3 is 18.9 Å². The summed E-state index contributed by atoms with van der Waals surface area (Å²) in [5.41, 5.74) is 5.94. The first-order chi connectivity index (χ1) is 30.4. The number of aldehydes is 1. The largest absolute Gasteiger partial charge is 1.00 e. The first kappa shape index (κ1) is 56.1. The summed E-state index contributed by atoms with van der Waals surface area (Å²) in [6, 6.07) is 25.7. The van der Waals surface area contributed by atoms with Crippen molar-refractivity contribution >= 4 is 61.7 Å². The fourth-order valence-electron chi connectivity index (χ4n) is 5.29. The number of nitrogens with one attached hydrogen (secondary N) is 1. The first-order valence-corrected chi connectivity index (χ1v) is 22.0. The van der Waals surface area contributed by atoms with E-state index in [1.54, 1.807) is 37.7 Å². The molecule has 1 atom stereocenters. The summed E-state index contributed by atoms with van der Waals surface area (Å²) in [5, 5.41) is 13.6. The standard InChI is InChI=1S/C22H24N2O3.C11H14BrNO.C10H8N2O2.C4H8O.C4H9.Li/c1-22(2,3)19(25)11-14-5-7-15(8-6-14)21(26)16-9-10-17-18(12-16)24-20(27-4)13-23-17;1-11(2,3)10(14)13-9-6-4-8(12)5-7-9;1-14-10-5-11-8-3-2-7(6-13)4-9(8)12-10;1-2-4-5-3-1;1-3-4-2;/h5-10,12-13,21,26H,11H2,1-4H3;4-7H,1-3H3,(H,13,14);2-6H,1H3;1-4H2;1,3-4H2,2H3;/q;;;;-1;+1. The molecule has 7 rings (SSSR count). The molecule has 14 heteroatoms. The van der Waals surface area contributed by atoms with E-state index in [0.717, 1.165) is 63.8 Å². The van der Waals surface area contributed by atoms with E-state index < -0.39 is 6.10 Å². The van der Waals surface area contributed by atoms with E-state index in [0.29, 0.717) is 34.8 Å². The number of ether oxygens (including phenoxy) is 3. The van der Waals surface area contributed by atoms with Crippen molar-refractivity contribution < 1.29 is 52.6 Å². The van der Waals surface area contributed by atoms with Gasteiger partial charge in [0.15, 0.2) is 0 Å². The molecule has 1 aliphatic heterocycles. The molecule has 0 bridgehead atoms. The van der Waals surface area contributed by atoms with Crippen molar-refractivity contribution in [2.45, 2.75) is 86.7 Å². The summed E-state index contributed by atoms with van der Waals surface area (Å²) in [4.78, 5) is 51.2. The number of anilines is 1. The van der Waals surface area contributed by atoms with E-state index in [4.69, 9.17) is 14.2 Å². The number of Topliss-reactive ketones (excluding diaryl/α,β-unsaturated/α-hetero) is 1. The van der Waals surface area contributed by atoms with Crippen LogP contribution in [0.2, 0.25) is 0 Å². The summed E-state index contributed by atoms with van der Waals surface area (Å²) in [5.74, 6) is 1.10. The number of unbranched alkanes of at least 4 members (excludes halogenated alkanes) is 1. The van der Waals surface area contributed by atoms with Gasteiger partial charge < -0.3 is 31.6 Å². The maximum Gasteiger partial charge on any atom is 1.00 e. The predicted molar refractivity (Wildman–Crippen MR) is 259 cm³/mol. The van der Waals surface area contributed by atoms with Crippen LogP contribution in [-0.2, 0) is 20.7 Å². The van der Waals surface area contributed by atoms with E-state index in [-0.39, 0.29) is 41.4 Å².